The van der Waals surface area contributed by atoms with E-state index in [9.17, 15) is 26.3 Å². The predicted octanol–water partition coefficient (Wildman–Crippen LogP) is 10.5. The second kappa shape index (κ2) is 39.6. The van der Waals surface area contributed by atoms with Crippen LogP contribution in [0, 0.1) is 27.7 Å². The number of halogens is 6. The van der Waals surface area contributed by atoms with Crippen LogP contribution in [0.3, 0.4) is 0 Å². The Bertz CT molecular complexity index is 6850. The van der Waals surface area contributed by atoms with Crippen LogP contribution in [-0.2, 0) is 103 Å². The Labute approximate surface area is 820 Å². The average molecular weight is 1990 g/mol. The minimum atomic E-state index is -4.57. The third-order valence-corrected chi connectivity index (χ3v) is 26.3. The molecule has 49 heteroatoms. The molecular formula is C95H109F6N33O10. The number of hydrogen-bond donors (Lipinski definition) is 0. The lowest BCUT2D eigenvalue weighted by Crippen LogP contribution is -2.37. The van der Waals surface area contributed by atoms with Crippen LogP contribution in [-0.4, -0.2) is 314 Å². The van der Waals surface area contributed by atoms with Gasteiger partial charge in [-0.15, -0.1) is 0 Å². The summed E-state index contributed by atoms with van der Waals surface area (Å²) >= 11 is 0. The quantitative estimate of drug-likeness (QED) is 0.109. The molecule has 15 aromatic heterocycles. The largest absolute Gasteiger partial charge is 0.421 e. The molecule has 43 nitrogen and oxygen atoms in total. The summed E-state index contributed by atoms with van der Waals surface area (Å²) in [5.41, 5.74) is 10.9. The van der Waals surface area contributed by atoms with Crippen molar-refractivity contribution in [2.45, 2.75) is 157 Å². The normalized spacial score (nSPS) is 19.4. The molecular weight excluding hydrogens is 1880 g/mol. The molecule has 756 valence electrons. The lowest BCUT2D eigenvalue weighted by molar-refractivity contribution is -0.233. The van der Waals surface area contributed by atoms with Gasteiger partial charge in [0.05, 0.1) is 122 Å². The van der Waals surface area contributed by atoms with Gasteiger partial charge in [-0.3, -0.25) is 14.6 Å². The molecule has 5 saturated heterocycles. The smallest absolute Gasteiger partial charge is 0.378 e. The second-order valence-electron chi connectivity index (χ2n) is 37.4. The summed E-state index contributed by atoms with van der Waals surface area (Å²) in [4.78, 5) is 108. The summed E-state index contributed by atoms with van der Waals surface area (Å²) in [6.07, 6.45) is 0.569. The van der Waals surface area contributed by atoms with Crippen LogP contribution in [0.25, 0.3) is 113 Å². The Morgan fingerprint density at radius 2 is 0.632 bits per heavy atom. The van der Waals surface area contributed by atoms with Gasteiger partial charge in [0.1, 0.15) is 63.3 Å². The maximum absolute atomic E-state index is 13.5. The van der Waals surface area contributed by atoms with Gasteiger partial charge in [-0.05, 0) is 99.9 Å². The first-order valence-electron chi connectivity index (χ1n) is 48.3. The number of hydrogen-bond acceptors (Lipinski definition) is 37. The van der Waals surface area contributed by atoms with Gasteiger partial charge < -0.3 is 94.7 Å². The number of rotatable bonds is 11. The fourth-order valence-corrected chi connectivity index (χ4v) is 18.8. The highest BCUT2D eigenvalue weighted by Gasteiger charge is 2.50. The molecule has 0 bridgehead atoms. The number of alkyl halides is 6. The Kier molecular flexibility index (Phi) is 26.6. The third kappa shape index (κ3) is 19.4. The van der Waals surface area contributed by atoms with Gasteiger partial charge in [-0.25, -0.2) is 94.7 Å². The van der Waals surface area contributed by atoms with E-state index in [1.165, 1.54) is 9.13 Å². The van der Waals surface area contributed by atoms with E-state index >= 15 is 0 Å². The lowest BCUT2D eigenvalue weighted by atomic mass is 10.1. The summed E-state index contributed by atoms with van der Waals surface area (Å²) < 4.78 is 148. The molecule has 0 amide bonds. The van der Waals surface area contributed by atoms with E-state index in [1.807, 2.05) is 91.2 Å². The summed E-state index contributed by atoms with van der Waals surface area (Å²) in [6.45, 7) is 40.2. The van der Waals surface area contributed by atoms with Crippen LogP contribution >= 0.6 is 0 Å². The molecule has 0 unspecified atom stereocenters. The van der Waals surface area contributed by atoms with Gasteiger partial charge in [0.15, 0.2) is 114 Å². The molecule has 0 N–H and O–H groups in total. The van der Waals surface area contributed by atoms with Crippen molar-refractivity contribution in [3.8, 4) is 57.1 Å². The molecule has 0 saturated carbocycles. The van der Waals surface area contributed by atoms with Crippen molar-refractivity contribution in [2.75, 3.05) is 189 Å². The van der Waals surface area contributed by atoms with Gasteiger partial charge in [-0.1, -0.05) is 6.07 Å². The Balaban J connectivity index is 0.000000106. The van der Waals surface area contributed by atoms with E-state index in [2.05, 4.69) is 128 Å². The van der Waals surface area contributed by atoms with Crippen molar-refractivity contribution in [2.24, 2.45) is 0 Å². The lowest BCUT2D eigenvalue weighted by Gasteiger charge is -2.30. The van der Waals surface area contributed by atoms with Gasteiger partial charge in [0.2, 0.25) is 12.2 Å². The van der Waals surface area contributed by atoms with Crippen molar-refractivity contribution in [1.29, 1.82) is 0 Å². The molecule has 0 aromatic carbocycles. The monoisotopic (exact) mass is 1990 g/mol. The number of imidazole rings is 5. The molecule has 0 spiro atoms. The summed E-state index contributed by atoms with van der Waals surface area (Å²) in [5.74, 6) is 9.66. The number of anilines is 5. The maximum atomic E-state index is 13.5. The SMILES string of the molecule is CCn1cc(-c2nc(N3CCOCC3)c3nc4n(c3n2)CCOC4(C)C)cn1.Cc1ccc(-c2nc(N3CCOCC3)c3nc4n(c3n2)CCOC4(C)C)cn1.Cc1ccc(-c2nc(N3CCOCC3)c3nc4n(c3n2)CCOC4(C)C)nc1.Cc1ncc(-c2nc(N3CCOCC3)c3nc4n(c3n2)CCO[C@@H]4C(F)(F)F)cn1.Cc1ncc(-c2nc(N3CCOCC3)c3nc4n(c3n2)CCO[C@H]4C(F)(F)F)cn1. The number of aryl methyl sites for hydroxylation is 5. The van der Waals surface area contributed by atoms with E-state index in [4.69, 9.17) is 92.2 Å². The first-order chi connectivity index (χ1) is 69.4. The minimum absolute atomic E-state index is 0.0808. The number of ether oxygens (including phenoxy) is 10. The van der Waals surface area contributed by atoms with Crippen LogP contribution in [0.15, 0.2) is 73.8 Å². The van der Waals surface area contributed by atoms with E-state index in [1.54, 1.807) is 38.6 Å². The molecule has 2 atom stereocenters. The molecule has 10 aliphatic heterocycles. The zero-order valence-corrected chi connectivity index (χ0v) is 81.6. The van der Waals surface area contributed by atoms with E-state index in [0.29, 0.717) is 198 Å². The number of fused-ring (bicyclic) bond motifs is 15. The number of morpholine rings is 5. The van der Waals surface area contributed by atoms with E-state index in [0.717, 1.165) is 162 Å². The van der Waals surface area contributed by atoms with Gasteiger partial charge in [-0.2, -0.15) is 31.4 Å². The van der Waals surface area contributed by atoms with Crippen LogP contribution in [0.4, 0.5) is 55.4 Å². The zero-order chi connectivity index (χ0) is 99.7. The molecule has 5 fully saturated rings. The summed E-state index contributed by atoms with van der Waals surface area (Å²) in [6, 6.07) is 8.01. The van der Waals surface area contributed by atoms with Crippen LogP contribution in [0.5, 0.6) is 0 Å². The molecule has 0 aliphatic carbocycles. The standard InChI is InChI=1S/2C20H24N6O2.C19H25N7O2.2C18H18F3N7O2/c1-13-4-5-14(12-21-13)16-23-17(25-6-9-27-10-7-25)15-18(24-16)26-8-11-28-20(2,3)19(26)22-15;1-13-4-5-14(21-12-13)16-23-17(25-6-9-27-10-7-25)15-18(24-16)26-8-11-28-20(2,3)19(26)22-15;1-4-25-12-13(11-20-25)15-22-16(24-5-8-27-9-6-24)14-17(23-15)26-7-10-28-19(2,3)18(26)21-14;2*1-10-22-8-11(9-23-10)14-25-15(27-2-5-29-6-3-27)12-16(26-14)28-4-7-30-13(17(28)24-12)18(19,20)21/h2*4-5,12H,6-11H2,1-3H3;11-12H,4-10H2,1-3H3;2*8-9,13H,2-7H2,1H3/t;;;2*13-/m...10/s1. The Hall–Kier alpha value is -13.4. The number of aromatic nitrogens is 28. The zero-order valence-electron chi connectivity index (χ0n) is 81.6. The van der Waals surface area contributed by atoms with Crippen LogP contribution < -0.4 is 24.5 Å². The van der Waals surface area contributed by atoms with Crippen molar-refractivity contribution >= 4 is 84.9 Å². The highest BCUT2D eigenvalue weighted by atomic mass is 19.4. The van der Waals surface area contributed by atoms with E-state index in [-0.39, 0.29) is 38.0 Å². The summed E-state index contributed by atoms with van der Waals surface area (Å²) in [7, 11) is 0. The topological polar surface area (TPSA) is 422 Å². The Morgan fingerprint density at radius 3 is 0.958 bits per heavy atom. The minimum Gasteiger partial charge on any atom is -0.378 e. The number of pyridine rings is 2. The van der Waals surface area contributed by atoms with Gasteiger partial charge >= 0.3 is 12.4 Å². The van der Waals surface area contributed by atoms with Crippen LogP contribution in [0.1, 0.15) is 113 Å². The van der Waals surface area contributed by atoms with Crippen molar-refractivity contribution in [3.63, 3.8) is 0 Å². The third-order valence-electron chi connectivity index (χ3n) is 26.3. The molecule has 25 heterocycles. The molecule has 15 aromatic rings. The van der Waals surface area contributed by atoms with Crippen molar-refractivity contribution in [3.05, 3.63) is 126 Å². The highest BCUT2D eigenvalue weighted by Crippen LogP contribution is 2.46. The first-order valence-corrected chi connectivity index (χ1v) is 48.3. The van der Waals surface area contributed by atoms with Crippen molar-refractivity contribution < 1.29 is 73.7 Å². The number of nitrogens with zero attached hydrogens (tertiary/aromatic N) is 33. The molecule has 0 radical (unpaired) electrons. The van der Waals surface area contributed by atoms with Gasteiger partial charge in [0.25, 0.3) is 0 Å². The predicted molar refractivity (Wildman–Crippen MR) is 513 cm³/mol. The fraction of sp³-hybridized carbons (Fsp3) is 0.516. The fourth-order valence-electron chi connectivity index (χ4n) is 18.8. The molecule has 144 heavy (non-hydrogen) atoms. The maximum Gasteiger partial charge on any atom is 0.421 e. The second-order valence-corrected chi connectivity index (χ2v) is 37.4. The first kappa shape index (κ1) is 96.7. The average Bonchev–Trinajstić information content (AvgIpc) is 1.60. The summed E-state index contributed by atoms with van der Waals surface area (Å²) in [5, 5.41) is 4.39. The molecule has 10 aliphatic rings. The van der Waals surface area contributed by atoms with Crippen LogP contribution in [0.2, 0.25) is 0 Å². The van der Waals surface area contributed by atoms with Crippen molar-refractivity contribution in [1.82, 2.24) is 137 Å². The van der Waals surface area contributed by atoms with Gasteiger partial charge in [0, 0.05) is 159 Å². The Morgan fingerprint density at radius 1 is 0.312 bits per heavy atom. The van der Waals surface area contributed by atoms with E-state index < -0.39 is 41.4 Å². The highest BCUT2D eigenvalue weighted by molar-refractivity contribution is 5.91. The molecule has 25 rings (SSSR count).